The summed E-state index contributed by atoms with van der Waals surface area (Å²) in [6.07, 6.45) is 7.32. The van der Waals surface area contributed by atoms with E-state index in [4.69, 9.17) is 0 Å². The summed E-state index contributed by atoms with van der Waals surface area (Å²) in [6, 6.07) is 0. The van der Waals surface area contributed by atoms with Crippen molar-refractivity contribution >= 4 is 0 Å². The summed E-state index contributed by atoms with van der Waals surface area (Å²) in [6.45, 7) is 7.88. The van der Waals surface area contributed by atoms with Gasteiger partial charge >= 0.3 is 0 Å². The van der Waals surface area contributed by atoms with Gasteiger partial charge in [0.05, 0.1) is 0 Å². The SMILES string of the molecule is [CH2-]C[CH-]C1CCCC1[CH2-].[W].[Y].[Y].[Y]. The molecule has 1 saturated carbocycles. The van der Waals surface area contributed by atoms with Crippen LogP contribution in [0.15, 0.2) is 0 Å². The van der Waals surface area contributed by atoms with E-state index in [-0.39, 0.29) is 119 Å². The van der Waals surface area contributed by atoms with E-state index in [1.807, 2.05) is 0 Å². The van der Waals surface area contributed by atoms with E-state index in [1.54, 1.807) is 0 Å². The standard InChI is InChI=1S/C9H15.W.3Y/c1-3-5-9-7-4-6-8(9)2;;;;/h5,8-9H,1-4,6-7H2;;;;/q-3;;;;. The van der Waals surface area contributed by atoms with Gasteiger partial charge in [0.1, 0.15) is 0 Å². The van der Waals surface area contributed by atoms with Crippen molar-refractivity contribution in [2.24, 2.45) is 11.8 Å². The molecule has 2 atom stereocenters. The largest absolute Gasteiger partial charge is 0.372 e. The van der Waals surface area contributed by atoms with Crippen LogP contribution in [-0.4, -0.2) is 0 Å². The molecule has 0 heterocycles. The van der Waals surface area contributed by atoms with Gasteiger partial charge in [-0.3, -0.25) is 0 Å². The first-order valence-corrected chi connectivity index (χ1v) is 3.80. The first-order chi connectivity index (χ1) is 4.34. The molecule has 0 aliphatic heterocycles. The Morgan fingerprint density at radius 2 is 1.69 bits per heavy atom. The molecule has 0 aromatic heterocycles. The molecule has 1 aliphatic carbocycles. The molecule has 0 spiro atoms. The van der Waals surface area contributed by atoms with Crippen LogP contribution in [0, 0.1) is 32.1 Å². The number of hydrogen-bond donors (Lipinski definition) is 0. The van der Waals surface area contributed by atoms with Crippen LogP contribution in [0.2, 0.25) is 0 Å². The molecule has 0 N–H and O–H groups in total. The summed E-state index contributed by atoms with van der Waals surface area (Å²) in [5.41, 5.74) is 0. The van der Waals surface area contributed by atoms with Gasteiger partial charge in [-0.1, -0.05) is 19.3 Å². The molecule has 0 aromatic carbocycles. The van der Waals surface area contributed by atoms with Crippen molar-refractivity contribution < 1.29 is 119 Å². The van der Waals surface area contributed by atoms with Crippen LogP contribution in [0.4, 0.5) is 0 Å². The summed E-state index contributed by atoms with van der Waals surface area (Å²) >= 11 is 0. The second-order valence-electron chi connectivity index (χ2n) is 2.88. The van der Waals surface area contributed by atoms with Crippen molar-refractivity contribution in [2.75, 3.05) is 0 Å². The molecule has 0 nitrogen and oxygen atoms in total. The van der Waals surface area contributed by atoms with Crippen molar-refractivity contribution in [3.63, 3.8) is 0 Å². The maximum absolute atomic E-state index is 4.08. The Hall–Kier alpha value is 4.00. The maximum atomic E-state index is 4.08. The number of hydrogen-bond acceptors (Lipinski definition) is 0. The van der Waals surface area contributed by atoms with Gasteiger partial charge in [0.25, 0.3) is 0 Å². The third kappa shape index (κ3) is 10.9. The summed E-state index contributed by atoms with van der Waals surface area (Å²) in [5.74, 6) is 1.47. The monoisotopic (exact) mass is 574 g/mol. The summed E-state index contributed by atoms with van der Waals surface area (Å²) in [5, 5.41) is 0. The van der Waals surface area contributed by atoms with Crippen molar-refractivity contribution in [3.05, 3.63) is 20.3 Å². The molecule has 0 amide bonds. The topological polar surface area (TPSA) is 0 Å². The first-order valence-electron chi connectivity index (χ1n) is 3.80. The van der Waals surface area contributed by atoms with Gasteiger partial charge < -0.3 is 26.7 Å². The zero-order valence-corrected chi connectivity index (χ0v) is 19.6. The second kappa shape index (κ2) is 16.0. The molecular formula is C9H15WY3-3. The normalized spacial score (nSPS) is 24.5. The van der Waals surface area contributed by atoms with E-state index in [0.29, 0.717) is 5.92 Å². The average molecular weight is 574 g/mol. The fourth-order valence-corrected chi connectivity index (χ4v) is 1.59. The molecular weight excluding hydrogens is 559 g/mol. The minimum Gasteiger partial charge on any atom is -0.372 e. The van der Waals surface area contributed by atoms with Crippen LogP contribution >= 0.6 is 0 Å². The zero-order valence-electron chi connectivity index (χ0n) is 8.11. The van der Waals surface area contributed by atoms with Crippen LogP contribution in [0.5, 0.6) is 0 Å². The zero-order chi connectivity index (χ0) is 6.69. The maximum Gasteiger partial charge on any atom is 0 e. The van der Waals surface area contributed by atoms with Gasteiger partial charge in [-0.15, -0.1) is 0 Å². The molecule has 69 valence electrons. The Bertz CT molecular complexity index is 90.9. The van der Waals surface area contributed by atoms with Crippen molar-refractivity contribution in [3.8, 4) is 0 Å². The minimum absolute atomic E-state index is 0. The second-order valence-corrected chi connectivity index (χ2v) is 2.88. The molecule has 1 fully saturated rings. The Morgan fingerprint density at radius 1 is 1.15 bits per heavy atom. The predicted octanol–water partition coefficient (Wildman–Crippen LogP) is 2.66. The van der Waals surface area contributed by atoms with E-state index in [0.717, 1.165) is 12.3 Å². The fraction of sp³-hybridized carbons (Fsp3) is 0.667. The Labute approximate surface area is 173 Å². The molecule has 0 bridgehead atoms. The van der Waals surface area contributed by atoms with E-state index in [2.05, 4.69) is 20.3 Å². The third-order valence-corrected chi connectivity index (χ3v) is 2.19. The summed E-state index contributed by atoms with van der Waals surface area (Å²) < 4.78 is 0. The van der Waals surface area contributed by atoms with Crippen molar-refractivity contribution in [2.45, 2.75) is 25.7 Å². The molecule has 1 aliphatic rings. The smallest absolute Gasteiger partial charge is 0 e. The van der Waals surface area contributed by atoms with Crippen LogP contribution in [0.25, 0.3) is 0 Å². The first kappa shape index (κ1) is 25.8. The molecule has 1 rings (SSSR count). The van der Waals surface area contributed by atoms with Crippen LogP contribution in [0.1, 0.15) is 25.7 Å². The van der Waals surface area contributed by atoms with E-state index >= 15 is 0 Å². The van der Waals surface area contributed by atoms with Gasteiger partial charge in [-0.25, -0.2) is 0 Å². The van der Waals surface area contributed by atoms with Gasteiger partial charge in [0.2, 0.25) is 0 Å². The predicted molar refractivity (Wildman–Crippen MR) is 40.5 cm³/mol. The Morgan fingerprint density at radius 3 is 2.00 bits per heavy atom. The van der Waals surface area contributed by atoms with E-state index in [1.165, 1.54) is 19.3 Å². The molecule has 0 aromatic rings. The minimum atomic E-state index is 0. The molecule has 0 saturated heterocycles. The third-order valence-electron chi connectivity index (χ3n) is 2.19. The Kier molecular flexibility index (Phi) is 31.7. The summed E-state index contributed by atoms with van der Waals surface area (Å²) in [7, 11) is 0. The molecule has 4 heteroatoms. The van der Waals surface area contributed by atoms with Gasteiger partial charge in [-0.2, -0.15) is 11.8 Å². The average Bonchev–Trinajstić information content (AvgIpc) is 2.18. The van der Waals surface area contributed by atoms with E-state index < -0.39 is 0 Å². The summed E-state index contributed by atoms with van der Waals surface area (Å²) in [4.78, 5) is 0. The van der Waals surface area contributed by atoms with Crippen molar-refractivity contribution in [1.82, 2.24) is 0 Å². The Balaban J connectivity index is -0.000000101. The molecule has 2 unspecified atom stereocenters. The van der Waals surface area contributed by atoms with Crippen LogP contribution in [-0.2, 0) is 119 Å². The quantitative estimate of drug-likeness (QED) is 0.446. The van der Waals surface area contributed by atoms with Gasteiger partial charge in [0.15, 0.2) is 0 Å². The van der Waals surface area contributed by atoms with E-state index in [9.17, 15) is 0 Å². The molecule has 13 heavy (non-hydrogen) atoms. The van der Waals surface area contributed by atoms with Gasteiger partial charge in [0, 0.05) is 119 Å². The fourth-order valence-electron chi connectivity index (χ4n) is 1.59. The van der Waals surface area contributed by atoms with Crippen molar-refractivity contribution in [1.29, 1.82) is 0 Å². The van der Waals surface area contributed by atoms with Crippen LogP contribution in [0.3, 0.4) is 0 Å². The van der Waals surface area contributed by atoms with Crippen LogP contribution < -0.4 is 0 Å². The number of rotatable bonds is 2. The van der Waals surface area contributed by atoms with Gasteiger partial charge in [-0.05, 0) is 0 Å². The molecule has 3 radical (unpaired) electrons.